The Morgan fingerprint density at radius 1 is 0.930 bits per heavy atom. The Hall–Kier alpha value is -3.70. The number of sulfonamides is 1. The monoisotopic (exact) mass is 627 g/mol. The number of ether oxygens (including phenoxy) is 2. The van der Waals surface area contributed by atoms with E-state index in [1.807, 2.05) is 32.2 Å². The van der Waals surface area contributed by atoms with Gasteiger partial charge in [-0.1, -0.05) is 25.5 Å². The van der Waals surface area contributed by atoms with E-state index in [0.717, 1.165) is 27.6 Å². The maximum Gasteiger partial charge on any atom is 0.264 e. The number of carbonyl (C=O) groups is 2. The highest BCUT2D eigenvalue weighted by Gasteiger charge is 2.32. The first kappa shape index (κ1) is 33.8. The lowest BCUT2D eigenvalue weighted by Gasteiger charge is -2.32. The Morgan fingerprint density at radius 2 is 1.56 bits per heavy atom. The molecule has 11 heteroatoms. The van der Waals surface area contributed by atoms with Crippen LogP contribution in [-0.2, 0) is 26.2 Å². The summed E-state index contributed by atoms with van der Waals surface area (Å²) in [5.74, 6) is 0.413. The summed E-state index contributed by atoms with van der Waals surface area (Å²) in [6.45, 7) is 6.08. The van der Waals surface area contributed by atoms with Gasteiger partial charge in [-0.3, -0.25) is 13.9 Å². The largest absolute Gasteiger partial charge is 0.497 e. The second-order valence-electron chi connectivity index (χ2n) is 9.80. The van der Waals surface area contributed by atoms with Gasteiger partial charge >= 0.3 is 0 Å². The fourth-order valence-corrected chi connectivity index (χ4v) is 6.15. The third kappa shape index (κ3) is 9.14. The number of hydrogen-bond donors (Lipinski definition) is 1. The van der Waals surface area contributed by atoms with E-state index in [9.17, 15) is 18.0 Å². The van der Waals surface area contributed by atoms with E-state index in [1.54, 1.807) is 62.6 Å². The molecule has 1 unspecified atom stereocenters. The third-order valence-corrected chi connectivity index (χ3v) is 9.40. The summed E-state index contributed by atoms with van der Waals surface area (Å²) >= 11 is 1.50. The summed E-state index contributed by atoms with van der Waals surface area (Å²) in [5.41, 5.74) is 1.07. The van der Waals surface area contributed by atoms with Crippen LogP contribution in [-0.4, -0.2) is 64.2 Å². The molecule has 0 saturated carbocycles. The zero-order valence-electron chi connectivity index (χ0n) is 25.4. The van der Waals surface area contributed by atoms with Crippen molar-refractivity contribution in [2.75, 3.05) is 37.4 Å². The average Bonchev–Trinajstić information content (AvgIpc) is 3.03. The number of benzene rings is 3. The van der Waals surface area contributed by atoms with Gasteiger partial charge in [-0.05, 0) is 92.8 Å². The zero-order chi connectivity index (χ0) is 31.4. The molecule has 0 aromatic heterocycles. The van der Waals surface area contributed by atoms with Crippen LogP contribution in [0, 0.1) is 0 Å². The van der Waals surface area contributed by atoms with Crippen LogP contribution in [0.3, 0.4) is 0 Å². The number of amides is 2. The molecule has 232 valence electrons. The van der Waals surface area contributed by atoms with E-state index in [-0.39, 0.29) is 17.3 Å². The third-order valence-electron chi connectivity index (χ3n) is 6.87. The lowest BCUT2D eigenvalue weighted by Crippen LogP contribution is -2.51. The molecule has 0 fully saturated rings. The number of thioether (sulfide) groups is 1. The van der Waals surface area contributed by atoms with Gasteiger partial charge in [0.1, 0.15) is 24.1 Å². The molecule has 2 amide bonds. The van der Waals surface area contributed by atoms with Crippen molar-refractivity contribution in [3.8, 4) is 11.5 Å². The second kappa shape index (κ2) is 16.2. The van der Waals surface area contributed by atoms with Crippen LogP contribution in [0.1, 0.15) is 39.2 Å². The molecule has 0 aliphatic heterocycles. The minimum atomic E-state index is -4.16. The summed E-state index contributed by atoms with van der Waals surface area (Å²) in [7, 11) is -2.59. The highest BCUT2D eigenvalue weighted by atomic mass is 32.2. The molecule has 0 aliphatic rings. The predicted octanol–water partition coefficient (Wildman–Crippen LogP) is 5.34. The molecule has 0 aliphatic carbocycles. The van der Waals surface area contributed by atoms with Crippen LogP contribution in [0.15, 0.2) is 82.6 Å². The molecular weight excluding hydrogens is 587 g/mol. The van der Waals surface area contributed by atoms with Crippen molar-refractivity contribution in [3.05, 3.63) is 78.4 Å². The summed E-state index contributed by atoms with van der Waals surface area (Å²) in [6.07, 6.45) is 3.63. The van der Waals surface area contributed by atoms with E-state index in [2.05, 4.69) is 5.32 Å². The minimum absolute atomic E-state index is 0.0547. The summed E-state index contributed by atoms with van der Waals surface area (Å²) in [4.78, 5) is 29.6. The van der Waals surface area contributed by atoms with Crippen molar-refractivity contribution in [3.63, 3.8) is 0 Å². The van der Waals surface area contributed by atoms with Gasteiger partial charge < -0.3 is 19.7 Å². The van der Waals surface area contributed by atoms with Crippen molar-refractivity contribution >= 4 is 39.3 Å². The van der Waals surface area contributed by atoms with E-state index in [0.29, 0.717) is 30.3 Å². The summed E-state index contributed by atoms with van der Waals surface area (Å²) < 4.78 is 39.9. The molecule has 43 heavy (non-hydrogen) atoms. The highest BCUT2D eigenvalue weighted by molar-refractivity contribution is 7.98. The number of nitrogens with one attached hydrogen (secondary N) is 1. The first-order chi connectivity index (χ1) is 20.6. The van der Waals surface area contributed by atoms with E-state index < -0.39 is 28.5 Å². The first-order valence-corrected chi connectivity index (χ1v) is 16.9. The number of hydrogen-bond acceptors (Lipinski definition) is 7. The van der Waals surface area contributed by atoms with Gasteiger partial charge in [-0.25, -0.2) is 8.42 Å². The maximum atomic E-state index is 14.1. The standard InChI is InChI=1S/C32H41N3O6S2/c1-6-8-21-33-32(37)24(3)34(22-25-9-13-27(40-4)14-10-25)31(36)23-35(26-11-15-28(16-12-26)41-7-2)43(38,39)30-19-17-29(42-5)18-20-30/h9-20,24H,6-8,21-23H2,1-5H3,(H,33,37). The van der Waals surface area contributed by atoms with Crippen molar-refractivity contribution < 1.29 is 27.5 Å². The van der Waals surface area contributed by atoms with E-state index in [1.165, 1.54) is 28.8 Å². The number of unbranched alkanes of at least 4 members (excludes halogenated alkanes) is 1. The van der Waals surface area contributed by atoms with Gasteiger partial charge in [0.2, 0.25) is 11.8 Å². The van der Waals surface area contributed by atoms with Crippen LogP contribution >= 0.6 is 11.8 Å². The minimum Gasteiger partial charge on any atom is -0.497 e. The van der Waals surface area contributed by atoms with Crippen LogP contribution in [0.25, 0.3) is 0 Å². The van der Waals surface area contributed by atoms with Crippen molar-refractivity contribution in [2.45, 2.75) is 56.0 Å². The molecule has 0 saturated heterocycles. The molecule has 1 atom stereocenters. The van der Waals surface area contributed by atoms with Crippen molar-refractivity contribution in [1.29, 1.82) is 0 Å². The lowest BCUT2D eigenvalue weighted by atomic mass is 10.1. The molecule has 0 radical (unpaired) electrons. The Labute approximate surface area is 259 Å². The van der Waals surface area contributed by atoms with Crippen LogP contribution in [0.5, 0.6) is 11.5 Å². The number of rotatable bonds is 16. The normalized spacial score (nSPS) is 11.8. The smallest absolute Gasteiger partial charge is 0.264 e. The number of anilines is 1. The van der Waals surface area contributed by atoms with Crippen LogP contribution < -0.4 is 19.1 Å². The fraction of sp³-hybridized carbons (Fsp3) is 0.375. The molecule has 1 N–H and O–H groups in total. The highest BCUT2D eigenvalue weighted by Crippen LogP contribution is 2.28. The molecular formula is C32H41N3O6S2. The second-order valence-corrected chi connectivity index (χ2v) is 12.5. The van der Waals surface area contributed by atoms with Gasteiger partial charge in [-0.15, -0.1) is 11.8 Å². The maximum absolute atomic E-state index is 14.1. The van der Waals surface area contributed by atoms with Gasteiger partial charge in [-0.2, -0.15) is 0 Å². The Balaban J connectivity index is 2.00. The topological polar surface area (TPSA) is 105 Å². The SMILES string of the molecule is CCCCNC(=O)C(C)N(Cc1ccc(OC)cc1)C(=O)CN(c1ccc(OCC)cc1)S(=O)(=O)c1ccc(SC)cc1. The predicted molar refractivity (Wildman–Crippen MR) is 171 cm³/mol. The molecule has 3 rings (SSSR count). The number of methoxy groups -OCH3 is 1. The Morgan fingerprint density at radius 3 is 2.12 bits per heavy atom. The van der Waals surface area contributed by atoms with Crippen LogP contribution in [0.4, 0.5) is 5.69 Å². The van der Waals surface area contributed by atoms with Gasteiger partial charge in [0, 0.05) is 18.0 Å². The zero-order valence-corrected chi connectivity index (χ0v) is 27.0. The molecule has 0 bridgehead atoms. The average molecular weight is 628 g/mol. The van der Waals surface area contributed by atoms with E-state index in [4.69, 9.17) is 9.47 Å². The van der Waals surface area contributed by atoms with Crippen molar-refractivity contribution in [2.24, 2.45) is 0 Å². The van der Waals surface area contributed by atoms with Crippen LogP contribution in [0.2, 0.25) is 0 Å². The van der Waals surface area contributed by atoms with Gasteiger partial charge in [0.05, 0.1) is 24.3 Å². The van der Waals surface area contributed by atoms with Gasteiger partial charge in [0.25, 0.3) is 10.0 Å². The number of carbonyl (C=O) groups excluding carboxylic acids is 2. The summed E-state index contributed by atoms with van der Waals surface area (Å²) in [5, 5.41) is 2.89. The molecule has 0 spiro atoms. The summed E-state index contributed by atoms with van der Waals surface area (Å²) in [6, 6.07) is 19.4. The molecule has 0 heterocycles. The fourth-order valence-electron chi connectivity index (χ4n) is 4.33. The molecule has 9 nitrogen and oxygen atoms in total. The molecule has 3 aromatic carbocycles. The Kier molecular flexibility index (Phi) is 12.8. The lowest BCUT2D eigenvalue weighted by molar-refractivity contribution is -0.139. The first-order valence-electron chi connectivity index (χ1n) is 14.2. The quantitative estimate of drug-likeness (QED) is 0.169. The Bertz CT molecular complexity index is 1430. The van der Waals surface area contributed by atoms with Gasteiger partial charge in [0.15, 0.2) is 0 Å². The molecule has 3 aromatic rings. The number of nitrogens with zero attached hydrogens (tertiary/aromatic N) is 2. The van der Waals surface area contributed by atoms with Crippen molar-refractivity contribution in [1.82, 2.24) is 10.2 Å². The van der Waals surface area contributed by atoms with E-state index >= 15 is 0 Å².